The monoisotopic (exact) mass is 490 g/mol. The number of carbonyl (C=O) groups is 1. The van der Waals surface area contributed by atoms with Crippen LogP contribution in [-0.4, -0.2) is 66.2 Å². The molecule has 0 saturated heterocycles. The Kier molecular flexibility index (Phi) is 12.2. The highest BCUT2D eigenvalue weighted by atomic mass is 32.2. The van der Waals surface area contributed by atoms with E-state index in [0.29, 0.717) is 30.3 Å². The molecule has 0 radical (unpaired) electrons. The van der Waals surface area contributed by atoms with Crippen molar-refractivity contribution in [3.63, 3.8) is 0 Å². The van der Waals surface area contributed by atoms with Crippen molar-refractivity contribution in [3.8, 4) is 0 Å². The topological polar surface area (TPSA) is 105 Å². The van der Waals surface area contributed by atoms with Crippen molar-refractivity contribution in [3.05, 3.63) is 47.6 Å². The first-order chi connectivity index (χ1) is 16.5. The maximum absolute atomic E-state index is 11.5. The molecule has 1 aliphatic heterocycles. The van der Waals surface area contributed by atoms with E-state index in [9.17, 15) is 9.90 Å². The maximum Gasteiger partial charge on any atom is 0.335 e. The third-order valence-corrected chi connectivity index (χ3v) is 6.07. The number of nitrogens with zero attached hydrogens (tertiary/aromatic N) is 4. The summed E-state index contributed by atoms with van der Waals surface area (Å²) in [4.78, 5) is 18.0. The summed E-state index contributed by atoms with van der Waals surface area (Å²) in [5.41, 5.74) is 0.803. The fourth-order valence-electron chi connectivity index (χ4n) is 3.37. The molecular formula is C24H34N4O5S. The molecule has 186 valence electrons. The van der Waals surface area contributed by atoms with E-state index in [1.807, 2.05) is 30.1 Å². The number of methoxy groups -OCH3 is 2. The third kappa shape index (κ3) is 8.83. The van der Waals surface area contributed by atoms with E-state index in [0.717, 1.165) is 30.0 Å². The number of hydrogen-bond acceptors (Lipinski definition) is 10. The van der Waals surface area contributed by atoms with Gasteiger partial charge in [0.25, 0.3) is 0 Å². The molecule has 2 aliphatic rings. The number of aliphatic hydroxyl groups is 1. The second-order valence-electron chi connectivity index (χ2n) is 7.49. The molecule has 0 bridgehead atoms. The Morgan fingerprint density at radius 2 is 2.24 bits per heavy atom. The molecule has 1 unspecified atom stereocenters. The van der Waals surface area contributed by atoms with E-state index < -0.39 is 5.97 Å². The number of carbonyl (C=O) groups excluding carboxylic acids is 1. The summed E-state index contributed by atoms with van der Waals surface area (Å²) in [5, 5.41) is 23.1. The van der Waals surface area contributed by atoms with Crippen LogP contribution in [0.2, 0.25) is 0 Å². The van der Waals surface area contributed by atoms with Gasteiger partial charge < -0.3 is 24.3 Å². The van der Waals surface area contributed by atoms with Gasteiger partial charge in [0, 0.05) is 20.2 Å². The van der Waals surface area contributed by atoms with Gasteiger partial charge in [-0.15, -0.1) is 22.0 Å². The molecule has 10 heteroatoms. The van der Waals surface area contributed by atoms with Crippen LogP contribution in [0, 0.1) is 0 Å². The maximum atomic E-state index is 11.5. The Morgan fingerprint density at radius 3 is 2.94 bits per heavy atom. The standard InChI is InChI=1S/C24H34N4O5S/c1-5-10-18(29)15-22-26-27-23(34-14-9-13-24(30)33-25-2)17-28(22)20-16-19(31-3)11-7-6-8-12-21(20)32-4/h6,8,10,12,16,19,29H,2,5,7,9,11,13-15,17H2,1,3-4H3/b8-6-,18-10-,20-16?,21-12+. The number of aliphatic hydroxyl groups excluding tert-OH is 1. The smallest absolute Gasteiger partial charge is 0.335 e. The summed E-state index contributed by atoms with van der Waals surface area (Å²) in [6.07, 6.45) is 13.2. The summed E-state index contributed by atoms with van der Waals surface area (Å²) in [6, 6.07) is 0. The lowest BCUT2D eigenvalue weighted by atomic mass is 10.1. The van der Waals surface area contributed by atoms with Crippen LogP contribution in [-0.2, 0) is 19.1 Å². The summed E-state index contributed by atoms with van der Waals surface area (Å²) in [7, 11) is 3.32. The lowest BCUT2D eigenvalue weighted by Gasteiger charge is -2.32. The zero-order valence-electron chi connectivity index (χ0n) is 20.1. The first-order valence-corrected chi connectivity index (χ1v) is 12.2. The zero-order valence-corrected chi connectivity index (χ0v) is 20.9. The fourth-order valence-corrected chi connectivity index (χ4v) is 4.21. The van der Waals surface area contributed by atoms with E-state index in [2.05, 4.69) is 33.0 Å². The molecule has 0 aromatic carbocycles. The lowest BCUT2D eigenvalue weighted by Crippen LogP contribution is -2.38. The molecule has 1 N–H and O–H groups in total. The Bertz CT molecular complexity index is 892. The summed E-state index contributed by atoms with van der Waals surface area (Å²) >= 11 is 1.52. The highest BCUT2D eigenvalue weighted by Crippen LogP contribution is 2.27. The minimum Gasteiger partial charge on any atom is -0.512 e. The quantitative estimate of drug-likeness (QED) is 0.147. The lowest BCUT2D eigenvalue weighted by molar-refractivity contribution is -0.143. The van der Waals surface area contributed by atoms with Crippen molar-refractivity contribution in [1.82, 2.24) is 4.90 Å². The molecular weight excluding hydrogens is 456 g/mol. The highest BCUT2D eigenvalue weighted by Gasteiger charge is 2.27. The Balaban J connectivity index is 2.30. The van der Waals surface area contributed by atoms with E-state index in [1.165, 1.54) is 11.8 Å². The molecule has 1 heterocycles. The van der Waals surface area contributed by atoms with Gasteiger partial charge in [-0.1, -0.05) is 24.2 Å². The molecule has 0 amide bonds. The van der Waals surface area contributed by atoms with Gasteiger partial charge >= 0.3 is 5.97 Å². The van der Waals surface area contributed by atoms with Gasteiger partial charge in [-0.3, -0.25) is 0 Å². The SMILES string of the molecule is C=NOC(=O)CCCSC1=NN=C(C/C(O)=C/CC)N(C2=CC(OC)CC/C=C\C=C/2OC)C1. The number of hydrogen-bond donors (Lipinski definition) is 1. The van der Waals surface area contributed by atoms with Crippen LogP contribution < -0.4 is 0 Å². The van der Waals surface area contributed by atoms with Crippen LogP contribution in [0.25, 0.3) is 0 Å². The number of thioether (sulfide) groups is 1. The zero-order chi connectivity index (χ0) is 24.8. The highest BCUT2D eigenvalue weighted by molar-refractivity contribution is 8.14. The van der Waals surface area contributed by atoms with Gasteiger partial charge in [-0.05, 0) is 49.7 Å². The van der Waals surface area contributed by atoms with Gasteiger partial charge in [0.1, 0.15) is 16.6 Å². The second kappa shape index (κ2) is 15.1. The van der Waals surface area contributed by atoms with Crippen molar-refractivity contribution >= 4 is 35.3 Å². The van der Waals surface area contributed by atoms with Crippen LogP contribution in [0.4, 0.5) is 0 Å². The predicted molar refractivity (Wildman–Crippen MR) is 137 cm³/mol. The Labute approximate surface area is 205 Å². The Hall–Kier alpha value is -2.85. The molecule has 0 aromatic rings. The van der Waals surface area contributed by atoms with Gasteiger partial charge in [-0.25, -0.2) is 4.79 Å². The minimum absolute atomic E-state index is 0.114. The first kappa shape index (κ1) is 27.4. The molecule has 0 spiro atoms. The number of amidine groups is 1. The van der Waals surface area contributed by atoms with Crippen molar-refractivity contribution in [2.75, 3.05) is 26.5 Å². The number of rotatable bonds is 11. The third-order valence-electron chi connectivity index (χ3n) is 5.03. The molecule has 2 rings (SSSR count). The van der Waals surface area contributed by atoms with E-state index in [1.54, 1.807) is 20.3 Å². The average Bonchev–Trinajstić information content (AvgIpc) is 2.93. The van der Waals surface area contributed by atoms with Gasteiger partial charge in [0.05, 0.1) is 37.6 Å². The van der Waals surface area contributed by atoms with Crippen molar-refractivity contribution in [2.45, 2.75) is 51.6 Å². The van der Waals surface area contributed by atoms with Crippen LogP contribution in [0.3, 0.4) is 0 Å². The summed E-state index contributed by atoms with van der Waals surface area (Å²) in [6.45, 7) is 5.56. The van der Waals surface area contributed by atoms with E-state index in [4.69, 9.17) is 9.47 Å². The van der Waals surface area contributed by atoms with E-state index in [-0.39, 0.29) is 24.7 Å². The van der Waals surface area contributed by atoms with Crippen LogP contribution in [0.1, 0.15) is 45.4 Å². The number of ether oxygens (including phenoxy) is 2. The Morgan fingerprint density at radius 1 is 1.41 bits per heavy atom. The van der Waals surface area contributed by atoms with Gasteiger partial charge in [0.15, 0.2) is 0 Å². The summed E-state index contributed by atoms with van der Waals surface area (Å²) in [5.74, 6) is 1.77. The molecule has 1 atom stereocenters. The second-order valence-corrected chi connectivity index (χ2v) is 8.66. The average molecular weight is 491 g/mol. The largest absolute Gasteiger partial charge is 0.512 e. The fraction of sp³-hybridized carbons (Fsp3) is 0.500. The van der Waals surface area contributed by atoms with Crippen LogP contribution in [0.15, 0.2) is 63.0 Å². The molecule has 0 fully saturated rings. The van der Waals surface area contributed by atoms with Crippen molar-refractivity contribution in [1.29, 1.82) is 0 Å². The van der Waals surface area contributed by atoms with Crippen molar-refractivity contribution < 1.29 is 24.2 Å². The van der Waals surface area contributed by atoms with E-state index >= 15 is 0 Å². The predicted octanol–water partition coefficient (Wildman–Crippen LogP) is 4.71. The number of allylic oxidation sites excluding steroid dienone is 4. The molecule has 0 aromatic heterocycles. The summed E-state index contributed by atoms with van der Waals surface area (Å²) < 4.78 is 11.4. The van der Waals surface area contributed by atoms with Gasteiger partial charge in [0.2, 0.25) is 0 Å². The molecule has 34 heavy (non-hydrogen) atoms. The molecule has 9 nitrogen and oxygen atoms in total. The minimum atomic E-state index is -0.411. The molecule has 1 aliphatic carbocycles. The normalized spacial score (nSPS) is 21.6. The number of oxime groups is 1. The van der Waals surface area contributed by atoms with Gasteiger partial charge in [-0.2, -0.15) is 0 Å². The molecule has 0 saturated carbocycles. The van der Waals surface area contributed by atoms with Crippen molar-refractivity contribution in [2.24, 2.45) is 15.4 Å². The van der Waals surface area contributed by atoms with Crippen LogP contribution >= 0.6 is 11.8 Å². The van der Waals surface area contributed by atoms with Crippen LogP contribution in [0.5, 0.6) is 0 Å². The first-order valence-electron chi connectivity index (χ1n) is 11.3.